The average Bonchev–Trinajstić information content (AvgIpc) is 3.05. The van der Waals surface area contributed by atoms with Gasteiger partial charge < -0.3 is 9.57 Å². The van der Waals surface area contributed by atoms with E-state index in [1.165, 1.54) is 15.6 Å². The largest absolute Gasteiger partial charge is 0.475 e. The van der Waals surface area contributed by atoms with Crippen molar-refractivity contribution in [2.45, 2.75) is 40.7 Å². The second kappa shape index (κ2) is 10.1. The molecule has 10 nitrogen and oxygen atoms in total. The Morgan fingerprint density at radius 1 is 1.24 bits per heavy atom. The van der Waals surface area contributed by atoms with Gasteiger partial charge in [-0.25, -0.2) is 4.79 Å². The van der Waals surface area contributed by atoms with Gasteiger partial charge in [-0.15, -0.1) is 5.10 Å². The molecule has 0 fully saturated rings. The van der Waals surface area contributed by atoms with Crippen LogP contribution in [0.1, 0.15) is 38.3 Å². The van der Waals surface area contributed by atoms with Gasteiger partial charge in [0, 0.05) is 19.0 Å². The summed E-state index contributed by atoms with van der Waals surface area (Å²) in [6.45, 7) is 11.0. The van der Waals surface area contributed by atoms with Gasteiger partial charge in [0.05, 0.1) is 11.4 Å². The molecule has 2 aromatic rings. The summed E-state index contributed by atoms with van der Waals surface area (Å²) in [5, 5.41) is 19.8. The minimum Gasteiger partial charge on any atom is -0.475 e. The van der Waals surface area contributed by atoms with Crippen molar-refractivity contribution in [1.82, 2.24) is 19.8 Å². The Labute approximate surface area is 168 Å². The predicted molar refractivity (Wildman–Crippen MR) is 111 cm³/mol. The third kappa shape index (κ3) is 5.47. The van der Waals surface area contributed by atoms with Crippen molar-refractivity contribution in [3.63, 3.8) is 0 Å². The predicted octanol–water partition coefficient (Wildman–Crippen LogP) is 2.51. The molecule has 1 aromatic carbocycles. The summed E-state index contributed by atoms with van der Waals surface area (Å²) in [6, 6.07) is 5.59. The highest BCUT2D eigenvalue weighted by atomic mass is 16.6. The van der Waals surface area contributed by atoms with E-state index in [-0.39, 0.29) is 12.3 Å². The molecule has 0 atom stereocenters. The van der Waals surface area contributed by atoms with Gasteiger partial charge in [0.2, 0.25) is 5.90 Å². The van der Waals surface area contributed by atoms with E-state index in [0.717, 1.165) is 11.1 Å². The first-order valence-electron chi connectivity index (χ1n) is 9.02. The maximum Gasteiger partial charge on any atom is 0.368 e. The Morgan fingerprint density at radius 3 is 2.62 bits per heavy atom. The molecule has 1 aromatic heterocycles. The average molecular weight is 399 g/mol. The first-order chi connectivity index (χ1) is 13.9. The van der Waals surface area contributed by atoms with Crippen LogP contribution in [0.5, 0.6) is 0 Å². The van der Waals surface area contributed by atoms with Gasteiger partial charge in [-0.3, -0.25) is 0 Å². The Bertz CT molecular complexity index is 1020. The van der Waals surface area contributed by atoms with Crippen LogP contribution in [0, 0.1) is 6.92 Å². The standard InChI is InChI=1S/C19H25N7O3/c1-7-18(21-20-14(4)15(5)22-29-8-2)28-12-16-13(3)10-9-11-17(16)26-19(27)25(6)23-24-26/h8-11H,2,7,12H2,1,3-6H3/b20-14+,21-18-,22-15+. The Balaban J connectivity index is 2.25. The zero-order valence-corrected chi connectivity index (χ0v) is 17.3. The number of hydrogen-bond acceptors (Lipinski definition) is 8. The van der Waals surface area contributed by atoms with Crippen LogP contribution in [0.2, 0.25) is 0 Å². The van der Waals surface area contributed by atoms with E-state index in [2.05, 4.69) is 32.4 Å². The van der Waals surface area contributed by atoms with Crippen LogP contribution in [-0.2, 0) is 23.2 Å². The molecule has 0 N–H and O–H groups in total. The highest BCUT2D eigenvalue weighted by molar-refractivity contribution is 6.40. The summed E-state index contributed by atoms with van der Waals surface area (Å²) in [7, 11) is 1.55. The molecule has 0 aliphatic carbocycles. The highest BCUT2D eigenvalue weighted by Crippen LogP contribution is 2.18. The summed E-state index contributed by atoms with van der Waals surface area (Å²) < 4.78 is 8.28. The first kappa shape index (κ1) is 21.7. The zero-order chi connectivity index (χ0) is 21.4. The fourth-order valence-electron chi connectivity index (χ4n) is 2.28. The minimum absolute atomic E-state index is 0.207. The molecule has 0 aliphatic heterocycles. The van der Waals surface area contributed by atoms with Crippen LogP contribution in [-0.4, -0.2) is 37.1 Å². The number of hydrogen-bond donors (Lipinski definition) is 0. The molecule has 0 bridgehead atoms. The topological polar surface area (TPSA) is 108 Å². The first-order valence-corrected chi connectivity index (χ1v) is 9.02. The molecular formula is C19H25N7O3. The number of tetrazole rings is 1. The van der Waals surface area contributed by atoms with E-state index in [1.807, 2.05) is 26.0 Å². The molecule has 0 radical (unpaired) electrons. The van der Waals surface area contributed by atoms with Crippen LogP contribution in [0.3, 0.4) is 0 Å². The van der Waals surface area contributed by atoms with Crippen molar-refractivity contribution in [3.05, 3.63) is 52.7 Å². The number of benzene rings is 1. The Hall–Kier alpha value is -3.56. The molecule has 2 rings (SSSR count). The van der Waals surface area contributed by atoms with E-state index in [4.69, 9.17) is 9.57 Å². The SMILES string of the molecule is C=CO/N=C(C)/C(C)=N/N=C(/CC)OCc1c(C)cccc1-n1nnn(C)c1=O. The normalized spacial score (nSPS) is 12.8. The summed E-state index contributed by atoms with van der Waals surface area (Å²) in [6.07, 6.45) is 1.77. The van der Waals surface area contributed by atoms with Crippen molar-refractivity contribution >= 4 is 17.3 Å². The second-order valence-electron chi connectivity index (χ2n) is 6.14. The number of nitrogens with zero attached hydrogens (tertiary/aromatic N) is 7. The van der Waals surface area contributed by atoms with Crippen molar-refractivity contribution in [3.8, 4) is 5.69 Å². The molecule has 1 heterocycles. The van der Waals surface area contributed by atoms with Crippen molar-refractivity contribution < 1.29 is 9.57 Å². The van der Waals surface area contributed by atoms with Crippen molar-refractivity contribution in [1.29, 1.82) is 0 Å². The molecule has 0 aliphatic rings. The van der Waals surface area contributed by atoms with E-state index in [1.54, 1.807) is 27.0 Å². The molecule has 10 heteroatoms. The zero-order valence-electron chi connectivity index (χ0n) is 17.3. The summed E-state index contributed by atoms with van der Waals surface area (Å²) in [4.78, 5) is 17.0. The van der Waals surface area contributed by atoms with E-state index >= 15 is 0 Å². The molecule has 154 valence electrons. The van der Waals surface area contributed by atoms with Gasteiger partial charge in [-0.1, -0.05) is 30.8 Å². The monoisotopic (exact) mass is 399 g/mol. The molecule has 0 unspecified atom stereocenters. The summed E-state index contributed by atoms with van der Waals surface area (Å²) in [5.41, 5.74) is 3.21. The summed E-state index contributed by atoms with van der Waals surface area (Å²) >= 11 is 0. The maximum absolute atomic E-state index is 12.2. The van der Waals surface area contributed by atoms with Gasteiger partial charge in [0.25, 0.3) is 0 Å². The van der Waals surface area contributed by atoms with Crippen molar-refractivity contribution in [2.75, 3.05) is 0 Å². The number of oxime groups is 1. The quantitative estimate of drug-likeness (QED) is 0.293. The number of rotatable bonds is 8. The molecule has 0 saturated carbocycles. The lowest BCUT2D eigenvalue weighted by molar-refractivity contribution is 0.270. The molecule has 0 saturated heterocycles. The molecule has 29 heavy (non-hydrogen) atoms. The van der Waals surface area contributed by atoms with Crippen LogP contribution in [0.15, 0.2) is 51.2 Å². The lowest BCUT2D eigenvalue weighted by atomic mass is 10.1. The van der Waals surface area contributed by atoms with Crippen molar-refractivity contribution in [2.24, 2.45) is 22.4 Å². The van der Waals surface area contributed by atoms with Crippen LogP contribution < -0.4 is 5.69 Å². The van der Waals surface area contributed by atoms with Gasteiger partial charge in [0.1, 0.15) is 18.6 Å². The fraction of sp³-hybridized carbons (Fsp3) is 0.368. The van der Waals surface area contributed by atoms with Crippen LogP contribution >= 0.6 is 0 Å². The van der Waals surface area contributed by atoms with Gasteiger partial charge in [-0.05, 0) is 42.8 Å². The Kier molecular flexibility index (Phi) is 7.58. The Morgan fingerprint density at radius 2 is 2.00 bits per heavy atom. The number of ether oxygens (including phenoxy) is 1. The van der Waals surface area contributed by atoms with Gasteiger partial charge >= 0.3 is 5.69 Å². The third-order valence-electron chi connectivity index (χ3n) is 4.12. The maximum atomic E-state index is 12.2. The van der Waals surface area contributed by atoms with E-state index in [0.29, 0.717) is 29.4 Å². The second-order valence-corrected chi connectivity index (χ2v) is 6.14. The number of aryl methyl sites for hydroxylation is 2. The molecule has 0 amide bonds. The lowest BCUT2D eigenvalue weighted by Gasteiger charge is -2.13. The minimum atomic E-state index is -0.335. The number of aromatic nitrogens is 4. The molecular weight excluding hydrogens is 374 g/mol. The van der Waals surface area contributed by atoms with Gasteiger partial charge in [0.15, 0.2) is 0 Å². The fourth-order valence-corrected chi connectivity index (χ4v) is 2.28. The smallest absolute Gasteiger partial charge is 0.368 e. The lowest BCUT2D eigenvalue weighted by Crippen LogP contribution is -2.23. The third-order valence-corrected chi connectivity index (χ3v) is 4.12. The highest BCUT2D eigenvalue weighted by Gasteiger charge is 2.14. The molecule has 0 spiro atoms. The van der Waals surface area contributed by atoms with E-state index in [9.17, 15) is 4.79 Å². The summed E-state index contributed by atoms with van der Waals surface area (Å²) in [5.74, 6) is 0.447. The van der Waals surface area contributed by atoms with Crippen LogP contribution in [0.4, 0.5) is 0 Å². The van der Waals surface area contributed by atoms with Gasteiger partial charge in [-0.2, -0.15) is 14.5 Å². The van der Waals surface area contributed by atoms with Crippen LogP contribution in [0.25, 0.3) is 5.69 Å². The van der Waals surface area contributed by atoms with E-state index < -0.39 is 0 Å².